The fourth-order valence-electron chi connectivity index (χ4n) is 2.49. The van der Waals surface area contributed by atoms with Gasteiger partial charge in [0.2, 0.25) is 5.91 Å². The van der Waals surface area contributed by atoms with Crippen LogP contribution in [0.1, 0.15) is 20.3 Å². The SMILES string of the molecule is CC(=O)N1CC2CCN(C2)C(C)C1. The van der Waals surface area contributed by atoms with E-state index in [4.69, 9.17) is 0 Å². The van der Waals surface area contributed by atoms with Gasteiger partial charge in [-0.15, -0.1) is 0 Å². The third-order valence-corrected chi connectivity index (χ3v) is 3.35. The topological polar surface area (TPSA) is 23.6 Å². The molecular formula is C10H18N2O. The standard InChI is InChI=1S/C10H18N2O/c1-8-5-12(9(2)13)7-10-3-4-11(8)6-10/h8,10H,3-7H2,1-2H3. The van der Waals surface area contributed by atoms with Crippen LogP contribution in [-0.2, 0) is 4.79 Å². The number of nitrogens with zero attached hydrogens (tertiary/aromatic N) is 2. The Balaban J connectivity index is 2.08. The molecule has 0 N–H and O–H groups in total. The number of rotatable bonds is 0. The van der Waals surface area contributed by atoms with Crippen LogP contribution in [0.5, 0.6) is 0 Å². The van der Waals surface area contributed by atoms with E-state index in [0.29, 0.717) is 6.04 Å². The number of fused-ring (bicyclic) bond motifs is 2. The van der Waals surface area contributed by atoms with Crippen LogP contribution in [0, 0.1) is 5.92 Å². The molecule has 2 heterocycles. The molecule has 3 heteroatoms. The maximum Gasteiger partial charge on any atom is 0.219 e. The summed E-state index contributed by atoms with van der Waals surface area (Å²) in [5.41, 5.74) is 0. The molecule has 3 unspecified atom stereocenters. The molecule has 0 aromatic rings. The van der Waals surface area contributed by atoms with Crippen LogP contribution < -0.4 is 0 Å². The van der Waals surface area contributed by atoms with Gasteiger partial charge in [0, 0.05) is 32.6 Å². The molecule has 0 aromatic carbocycles. The highest BCUT2D eigenvalue weighted by Gasteiger charge is 2.32. The Bertz CT molecular complexity index is 215. The van der Waals surface area contributed by atoms with Crippen LogP contribution in [-0.4, -0.2) is 47.9 Å². The van der Waals surface area contributed by atoms with E-state index in [-0.39, 0.29) is 5.91 Å². The summed E-state index contributed by atoms with van der Waals surface area (Å²) in [6, 6.07) is 0.552. The molecule has 0 saturated carbocycles. The second-order valence-corrected chi connectivity index (χ2v) is 4.42. The zero-order valence-corrected chi connectivity index (χ0v) is 8.49. The molecule has 2 saturated heterocycles. The van der Waals surface area contributed by atoms with Crippen LogP contribution in [0.3, 0.4) is 0 Å². The minimum Gasteiger partial charge on any atom is -0.341 e. The maximum atomic E-state index is 11.3. The fraction of sp³-hybridized carbons (Fsp3) is 0.900. The third kappa shape index (κ3) is 1.70. The van der Waals surface area contributed by atoms with Crippen LogP contribution in [0.4, 0.5) is 0 Å². The Morgan fingerprint density at radius 1 is 1.31 bits per heavy atom. The van der Waals surface area contributed by atoms with Gasteiger partial charge < -0.3 is 4.90 Å². The predicted molar refractivity (Wildman–Crippen MR) is 51.4 cm³/mol. The summed E-state index contributed by atoms with van der Waals surface area (Å²) < 4.78 is 0. The predicted octanol–water partition coefficient (Wildman–Crippen LogP) is 0.559. The first-order valence-electron chi connectivity index (χ1n) is 5.16. The Kier molecular flexibility index (Phi) is 2.28. The van der Waals surface area contributed by atoms with Crippen molar-refractivity contribution in [2.45, 2.75) is 26.3 Å². The van der Waals surface area contributed by atoms with Crippen molar-refractivity contribution < 1.29 is 4.79 Å². The summed E-state index contributed by atoms with van der Waals surface area (Å²) >= 11 is 0. The Morgan fingerprint density at radius 3 is 2.77 bits per heavy atom. The summed E-state index contributed by atoms with van der Waals surface area (Å²) in [5, 5.41) is 0. The Labute approximate surface area is 79.7 Å². The first-order valence-corrected chi connectivity index (χ1v) is 5.16. The second kappa shape index (κ2) is 3.29. The smallest absolute Gasteiger partial charge is 0.219 e. The minimum atomic E-state index is 0.237. The molecule has 0 radical (unpaired) electrons. The normalized spacial score (nSPS) is 38.9. The van der Waals surface area contributed by atoms with E-state index < -0.39 is 0 Å². The molecule has 2 fully saturated rings. The lowest BCUT2D eigenvalue weighted by Crippen LogP contribution is -2.41. The molecule has 2 bridgehead atoms. The lowest BCUT2D eigenvalue weighted by atomic mass is 10.1. The van der Waals surface area contributed by atoms with E-state index >= 15 is 0 Å². The molecule has 2 aliphatic rings. The summed E-state index contributed by atoms with van der Waals surface area (Å²) in [7, 11) is 0. The Hall–Kier alpha value is -0.570. The number of carbonyl (C=O) groups is 1. The number of hydrogen-bond donors (Lipinski definition) is 0. The lowest BCUT2D eigenvalue weighted by molar-refractivity contribution is -0.129. The maximum absolute atomic E-state index is 11.3. The molecule has 13 heavy (non-hydrogen) atoms. The van der Waals surface area contributed by atoms with Gasteiger partial charge in [0.15, 0.2) is 0 Å². The zero-order valence-electron chi connectivity index (χ0n) is 8.49. The monoisotopic (exact) mass is 182 g/mol. The quantitative estimate of drug-likeness (QED) is 0.546. The molecule has 1 amide bonds. The summed E-state index contributed by atoms with van der Waals surface area (Å²) in [6.45, 7) is 8.25. The van der Waals surface area contributed by atoms with E-state index in [1.807, 2.05) is 4.90 Å². The van der Waals surface area contributed by atoms with Gasteiger partial charge in [0.25, 0.3) is 0 Å². The van der Waals surface area contributed by atoms with Crippen LogP contribution in [0.15, 0.2) is 0 Å². The molecule has 3 nitrogen and oxygen atoms in total. The highest BCUT2D eigenvalue weighted by atomic mass is 16.2. The van der Waals surface area contributed by atoms with Crippen LogP contribution in [0.2, 0.25) is 0 Å². The average Bonchev–Trinajstić information content (AvgIpc) is 2.43. The minimum absolute atomic E-state index is 0.237. The fourth-order valence-corrected chi connectivity index (χ4v) is 2.49. The molecular weight excluding hydrogens is 164 g/mol. The molecule has 74 valence electrons. The molecule has 0 spiro atoms. The highest BCUT2D eigenvalue weighted by molar-refractivity contribution is 5.73. The molecule has 0 aliphatic carbocycles. The number of hydrogen-bond acceptors (Lipinski definition) is 2. The second-order valence-electron chi connectivity index (χ2n) is 4.42. The van der Waals surface area contributed by atoms with Crippen molar-refractivity contribution in [3.05, 3.63) is 0 Å². The van der Waals surface area contributed by atoms with Crippen molar-refractivity contribution in [2.24, 2.45) is 5.92 Å². The van der Waals surface area contributed by atoms with Gasteiger partial charge in [-0.3, -0.25) is 9.69 Å². The molecule has 3 atom stereocenters. The van der Waals surface area contributed by atoms with Gasteiger partial charge in [-0.05, 0) is 25.8 Å². The van der Waals surface area contributed by atoms with Crippen molar-refractivity contribution in [1.29, 1.82) is 0 Å². The molecule has 0 aromatic heterocycles. The lowest BCUT2D eigenvalue weighted by Gasteiger charge is -2.28. The average molecular weight is 182 g/mol. The van der Waals surface area contributed by atoms with E-state index in [2.05, 4.69) is 11.8 Å². The van der Waals surface area contributed by atoms with E-state index in [0.717, 1.165) is 19.0 Å². The first kappa shape index (κ1) is 9.00. The Morgan fingerprint density at radius 2 is 2.08 bits per heavy atom. The van der Waals surface area contributed by atoms with E-state index in [1.165, 1.54) is 19.5 Å². The van der Waals surface area contributed by atoms with E-state index in [1.54, 1.807) is 6.92 Å². The van der Waals surface area contributed by atoms with Crippen molar-refractivity contribution in [2.75, 3.05) is 26.2 Å². The molecule has 2 rings (SSSR count). The van der Waals surface area contributed by atoms with Crippen molar-refractivity contribution in [3.8, 4) is 0 Å². The van der Waals surface area contributed by atoms with Gasteiger partial charge in [-0.1, -0.05) is 0 Å². The first-order chi connectivity index (χ1) is 6.16. The van der Waals surface area contributed by atoms with Gasteiger partial charge in [-0.25, -0.2) is 0 Å². The molecule has 2 aliphatic heterocycles. The summed E-state index contributed by atoms with van der Waals surface area (Å²) in [6.07, 6.45) is 1.27. The van der Waals surface area contributed by atoms with Crippen LogP contribution >= 0.6 is 0 Å². The van der Waals surface area contributed by atoms with Crippen molar-refractivity contribution >= 4 is 5.91 Å². The number of amides is 1. The van der Waals surface area contributed by atoms with Gasteiger partial charge >= 0.3 is 0 Å². The van der Waals surface area contributed by atoms with E-state index in [9.17, 15) is 4.79 Å². The van der Waals surface area contributed by atoms with Crippen molar-refractivity contribution in [3.63, 3.8) is 0 Å². The van der Waals surface area contributed by atoms with Crippen molar-refractivity contribution in [1.82, 2.24) is 9.80 Å². The summed E-state index contributed by atoms with van der Waals surface area (Å²) in [5.74, 6) is 0.967. The largest absolute Gasteiger partial charge is 0.341 e. The number of carbonyl (C=O) groups excluding carboxylic acids is 1. The van der Waals surface area contributed by atoms with Gasteiger partial charge in [-0.2, -0.15) is 0 Å². The van der Waals surface area contributed by atoms with Crippen LogP contribution in [0.25, 0.3) is 0 Å². The van der Waals surface area contributed by atoms with Gasteiger partial charge in [0.1, 0.15) is 0 Å². The van der Waals surface area contributed by atoms with Gasteiger partial charge in [0.05, 0.1) is 0 Å². The highest BCUT2D eigenvalue weighted by Crippen LogP contribution is 2.23. The third-order valence-electron chi connectivity index (χ3n) is 3.35. The zero-order chi connectivity index (χ0) is 9.42. The summed E-state index contributed by atoms with van der Waals surface area (Å²) in [4.78, 5) is 15.8.